The molecule has 0 unspecified atom stereocenters. The Kier molecular flexibility index (Phi) is 15.6. The third-order valence-corrected chi connectivity index (χ3v) is 15.0. The van der Waals surface area contributed by atoms with Gasteiger partial charge in [-0.15, -0.1) is 0 Å². The largest absolute Gasteiger partial charge is 1.00 e. The zero-order valence-electron chi connectivity index (χ0n) is 42.9. The average molecular weight is 1370 g/mol. The highest BCUT2D eigenvalue weighted by Crippen LogP contribution is 2.50. The smallest absolute Gasteiger partial charge is 0.284 e. The van der Waals surface area contributed by atoms with Crippen LogP contribution in [0.3, 0.4) is 0 Å². The van der Waals surface area contributed by atoms with Crippen LogP contribution >= 0.6 is 55.1 Å². The van der Waals surface area contributed by atoms with Gasteiger partial charge in [0.15, 0.2) is 44.8 Å². The van der Waals surface area contributed by atoms with E-state index in [1.165, 1.54) is 55.6 Å². The fourth-order valence-electron chi connectivity index (χ4n) is 9.72. The van der Waals surface area contributed by atoms with Crippen molar-refractivity contribution in [3.05, 3.63) is 238 Å². The first-order chi connectivity index (χ1) is 40.1. The predicted octanol–water partition coefficient (Wildman–Crippen LogP) is 16.4. The van der Waals surface area contributed by atoms with Crippen LogP contribution in [0.5, 0.6) is 58.0 Å². The molecule has 0 amide bonds. The number of benzene rings is 11. The Morgan fingerprint density at radius 3 is 1.18 bits per heavy atom. The van der Waals surface area contributed by atoms with Crippen LogP contribution in [0.2, 0.25) is 10.3 Å². The zero-order chi connectivity index (χ0) is 55.8. The van der Waals surface area contributed by atoms with Gasteiger partial charge in [-0.2, -0.15) is 0 Å². The van der Waals surface area contributed by atoms with E-state index in [1.54, 1.807) is 6.07 Å². The third kappa shape index (κ3) is 11.2. The Morgan fingerprint density at radius 1 is 0.325 bits per heavy atom. The third-order valence-electron chi connectivity index (χ3n) is 13.4. The number of hydrogen-bond acceptors (Lipinski definition) is 12. The normalized spacial score (nSPS) is 11.5. The molecule has 14 aromatic rings. The zero-order valence-corrected chi connectivity index (χ0v) is 49.7. The van der Waals surface area contributed by atoms with Crippen molar-refractivity contribution in [3.8, 4) is 80.3 Å². The molecule has 404 valence electrons. The van der Waals surface area contributed by atoms with Crippen molar-refractivity contribution < 1.29 is 53.1 Å². The maximum Gasteiger partial charge on any atom is 0.284 e. The number of nitrogens with zero attached hydrogens (tertiary/aromatic N) is 6. The first-order valence-corrected chi connectivity index (χ1v) is 27.8. The molecule has 3 aromatic heterocycles. The lowest BCUT2D eigenvalue weighted by Gasteiger charge is -2.21. The minimum absolute atomic E-state index is 0. The molecule has 0 spiro atoms. The van der Waals surface area contributed by atoms with E-state index in [1.807, 2.05) is 97.1 Å². The number of hydrogen-bond donors (Lipinski definition) is 2. The number of rotatable bonds is 2. The number of fused-ring (bicyclic) bond motifs is 10. The van der Waals surface area contributed by atoms with Crippen molar-refractivity contribution in [2.45, 2.75) is 0 Å². The van der Waals surface area contributed by atoms with Crippen LogP contribution in [0.15, 0.2) is 227 Å². The number of phenols is 2. The Labute approximate surface area is 517 Å². The van der Waals surface area contributed by atoms with Crippen molar-refractivity contribution in [1.82, 2.24) is 29.9 Å². The molecule has 2 aliphatic rings. The summed E-state index contributed by atoms with van der Waals surface area (Å²) in [5.41, 5.74) is 9.29. The van der Waals surface area contributed by atoms with E-state index in [4.69, 9.17) is 52.4 Å². The Morgan fingerprint density at radius 2 is 0.699 bits per heavy atom. The van der Waals surface area contributed by atoms with Crippen molar-refractivity contribution in [2.75, 3.05) is 0 Å². The molecule has 0 aliphatic carbocycles. The van der Waals surface area contributed by atoms with Crippen LogP contribution < -0.4 is 42.9 Å². The molecule has 83 heavy (non-hydrogen) atoms. The summed E-state index contributed by atoms with van der Waals surface area (Å²) >= 11 is 17.9. The number of aromatic nitrogens is 6. The first kappa shape index (κ1) is 54.9. The highest BCUT2D eigenvalue weighted by Gasteiger charge is 2.26. The van der Waals surface area contributed by atoms with E-state index in [0.29, 0.717) is 46.5 Å². The van der Waals surface area contributed by atoms with Crippen molar-refractivity contribution >= 4 is 120 Å². The topological polar surface area (TPSA) is 155 Å². The van der Waals surface area contributed by atoms with Gasteiger partial charge in [-0.3, -0.25) is 0 Å². The lowest BCUT2D eigenvalue weighted by Crippen LogP contribution is -3.00. The molecule has 2 aliphatic heterocycles. The molecule has 17 heteroatoms. The maximum absolute atomic E-state index is 8.82. The second-order valence-corrected chi connectivity index (χ2v) is 21.1. The highest BCUT2D eigenvalue weighted by atomic mass is 127. The van der Waals surface area contributed by atoms with Gasteiger partial charge in [0.1, 0.15) is 0 Å². The molecule has 0 fully saturated rings. The van der Waals surface area contributed by atoms with Crippen molar-refractivity contribution in [3.63, 3.8) is 0 Å². The summed E-state index contributed by atoms with van der Waals surface area (Å²) in [7, 11) is 0. The summed E-state index contributed by atoms with van der Waals surface area (Å²) in [6.45, 7) is 0. The summed E-state index contributed by atoms with van der Waals surface area (Å²) in [4.78, 5) is 26.2. The lowest BCUT2D eigenvalue weighted by molar-refractivity contribution is -0.0000189. The second kappa shape index (κ2) is 23.6. The monoisotopic (exact) mass is 1360 g/mol. The van der Waals surface area contributed by atoms with Gasteiger partial charge in [-0.25, -0.2) is 29.9 Å². The van der Waals surface area contributed by atoms with Crippen LogP contribution in [0.1, 0.15) is 0 Å². The number of aromatic hydroxyl groups is 2. The van der Waals surface area contributed by atoms with Gasteiger partial charge in [0.05, 0.1) is 33.1 Å². The number of phenolic OH excluding ortho intramolecular Hbond substituents is 2. The Bertz CT molecular complexity index is 4750. The molecule has 0 radical (unpaired) electrons. The molecule has 16 rings (SSSR count). The van der Waals surface area contributed by atoms with E-state index < -0.39 is 0 Å². The van der Waals surface area contributed by atoms with Crippen LogP contribution in [0.25, 0.3) is 87.7 Å². The molecule has 2 N–H and O–H groups in total. The lowest BCUT2D eigenvalue weighted by atomic mass is 9.84. The van der Waals surface area contributed by atoms with Gasteiger partial charge in [-0.05, 0) is 140 Å². The van der Waals surface area contributed by atoms with E-state index in [9.17, 15) is 0 Å². The van der Waals surface area contributed by atoms with Crippen LogP contribution in [-0.2, 0) is 0 Å². The predicted molar refractivity (Wildman–Crippen MR) is 330 cm³/mol. The van der Waals surface area contributed by atoms with Gasteiger partial charge in [0.2, 0.25) is 0 Å². The molecule has 11 aromatic carbocycles. The van der Waals surface area contributed by atoms with Gasteiger partial charge in [0.25, 0.3) is 23.5 Å². The summed E-state index contributed by atoms with van der Waals surface area (Å²) in [6, 6.07) is 71.5. The van der Waals surface area contributed by atoms with Crippen molar-refractivity contribution in [1.29, 1.82) is 0 Å². The minimum atomic E-state index is -0.107. The molecule has 0 saturated carbocycles. The van der Waals surface area contributed by atoms with Gasteiger partial charge in [-0.1, -0.05) is 189 Å². The standard InChI is InChI=1S/C38H22N2O2.C14H7BrN2O2.C8H4Cl2N2.C6H5BrO2.HI/c1-2-12-25-23(10-1)11-9-17-26(25)36-29-15-5-3-13-27(29)35(28-14-4-6-16-30(28)36)24-20-21-33-34(22-24)42-38-37(41-33)39-31-18-7-8-19-32(31)40-38;15-8-5-6-11-12(7-8)19-14-13(18-11)16-9-3-1-2-4-10(9)17-14;9-7-8(10)12-6-4-2-1-3-5(6)11-7;7-4-1-2-5(8)6(9)3-4;/h1-22H;1-7H;1-4H;1-3,8-9H;1H/p-1. The summed E-state index contributed by atoms with van der Waals surface area (Å²) in [5.74, 6) is 3.85. The fraction of sp³-hybridized carbons (Fsp3) is 0. The molecule has 12 nitrogen and oxygen atoms in total. The minimum Gasteiger partial charge on any atom is -1.00 e. The van der Waals surface area contributed by atoms with Gasteiger partial charge < -0.3 is 53.1 Å². The van der Waals surface area contributed by atoms with E-state index >= 15 is 0 Å². The fourth-order valence-corrected chi connectivity index (χ4v) is 10.7. The summed E-state index contributed by atoms with van der Waals surface area (Å²) < 4.78 is 25.6. The van der Waals surface area contributed by atoms with Gasteiger partial charge in [0, 0.05) is 8.95 Å². The summed E-state index contributed by atoms with van der Waals surface area (Å²) in [6.07, 6.45) is 0. The van der Waals surface area contributed by atoms with Crippen LogP contribution in [0.4, 0.5) is 0 Å². The van der Waals surface area contributed by atoms with E-state index in [2.05, 4.69) is 165 Å². The number of ether oxygens (including phenoxy) is 4. The molecule has 0 atom stereocenters. The highest BCUT2D eigenvalue weighted by molar-refractivity contribution is 9.10. The average Bonchev–Trinajstić information content (AvgIpc) is 3.19. The quantitative estimate of drug-likeness (QED) is 0.0961. The Hall–Kier alpha value is -8.71. The molecular formula is C66H38Br2Cl2IN6O6-. The number of halogens is 5. The van der Waals surface area contributed by atoms with E-state index in [-0.39, 0.29) is 45.8 Å². The first-order valence-electron chi connectivity index (χ1n) is 25.4. The second-order valence-electron chi connectivity index (χ2n) is 18.6. The molecule has 5 heterocycles. The Balaban J connectivity index is 0.000000135. The molecule has 0 saturated heterocycles. The van der Waals surface area contributed by atoms with Crippen molar-refractivity contribution in [2.24, 2.45) is 0 Å². The molecular weight excluding hydrogens is 1330 g/mol. The van der Waals surface area contributed by atoms with Crippen LogP contribution in [-0.4, -0.2) is 40.1 Å². The SMILES string of the molecule is Brc1ccc2c(c1)Oc1nc3ccccc3nc1O2.Clc1nc2ccccc2nc1Cl.Oc1ccc(Br)cc1O.[I-].c1ccc2c(-c3c4ccccc4c(-c4ccc5c(c4)Oc4nc6ccccc6nc4O5)c4ccccc34)cccc2c1. The summed E-state index contributed by atoms with van der Waals surface area (Å²) in [5, 5.41) is 25.3. The van der Waals surface area contributed by atoms with E-state index in [0.717, 1.165) is 53.2 Å². The van der Waals surface area contributed by atoms with Gasteiger partial charge >= 0.3 is 0 Å². The number of para-hydroxylation sites is 6. The van der Waals surface area contributed by atoms with Crippen LogP contribution in [0, 0.1) is 0 Å². The maximum atomic E-state index is 8.82. The molecule has 0 bridgehead atoms.